The van der Waals surface area contributed by atoms with Crippen LogP contribution >= 0.6 is 0 Å². The monoisotopic (exact) mass is 227 g/mol. The summed E-state index contributed by atoms with van der Waals surface area (Å²) in [4.78, 5) is 3.80. The van der Waals surface area contributed by atoms with E-state index in [0.717, 1.165) is 0 Å². The maximum atomic E-state index is 12.8. The highest BCUT2D eigenvalue weighted by molar-refractivity contribution is 5.55. The van der Waals surface area contributed by atoms with E-state index in [9.17, 15) is 8.78 Å². The van der Waals surface area contributed by atoms with Crippen LogP contribution in [0.5, 0.6) is 0 Å². The number of alkyl halides is 2. The number of aryl methyl sites for hydroxylation is 1. The number of hydrogen-bond donors (Lipinski definition) is 2. The second kappa shape index (κ2) is 4.86. The minimum atomic E-state index is -3.22. The van der Waals surface area contributed by atoms with Crippen LogP contribution in [0.3, 0.4) is 0 Å². The number of hydrogen-bond acceptors (Lipinski definition) is 4. The fraction of sp³-hybridized carbons (Fsp3) is 0.400. The van der Waals surface area contributed by atoms with Crippen LogP contribution in [0.15, 0.2) is 12.3 Å². The Labute approximate surface area is 91.5 Å². The van der Waals surface area contributed by atoms with E-state index in [0.29, 0.717) is 5.56 Å². The van der Waals surface area contributed by atoms with Crippen molar-refractivity contribution in [2.75, 3.05) is 18.5 Å². The van der Waals surface area contributed by atoms with Crippen LogP contribution in [0.25, 0.3) is 0 Å². The van der Waals surface area contributed by atoms with Crippen molar-refractivity contribution in [1.29, 1.82) is 5.26 Å². The van der Waals surface area contributed by atoms with Gasteiger partial charge in [-0.15, -0.1) is 0 Å². The number of aromatic nitrogens is 1. The highest BCUT2D eigenvalue weighted by atomic mass is 19.3. The fourth-order valence-electron chi connectivity index (χ4n) is 1.10. The molecular weight excluding hydrogens is 216 g/mol. The molecule has 0 spiro atoms. The second-order valence-electron chi connectivity index (χ2n) is 3.33. The zero-order valence-electron chi connectivity index (χ0n) is 8.67. The lowest BCUT2D eigenvalue weighted by Crippen LogP contribution is -2.31. The molecule has 1 aromatic heterocycles. The van der Waals surface area contributed by atoms with E-state index in [1.807, 2.05) is 6.07 Å². The summed E-state index contributed by atoms with van der Waals surface area (Å²) in [6.07, 6.45) is 1.43. The van der Waals surface area contributed by atoms with E-state index in [4.69, 9.17) is 10.4 Å². The molecule has 1 aromatic rings. The highest BCUT2D eigenvalue weighted by Crippen LogP contribution is 2.18. The molecule has 0 saturated heterocycles. The number of aliphatic hydroxyl groups is 1. The Hall–Kier alpha value is -1.74. The average Bonchev–Trinajstić information content (AvgIpc) is 2.26. The Balaban J connectivity index is 2.83. The van der Waals surface area contributed by atoms with Gasteiger partial charge in [-0.05, 0) is 18.6 Å². The first-order chi connectivity index (χ1) is 7.50. The Morgan fingerprint density at radius 2 is 2.31 bits per heavy atom. The van der Waals surface area contributed by atoms with E-state index in [-0.39, 0.29) is 11.4 Å². The standard InChI is InChI=1S/C10H11F2N3O/c1-7-2-3-14-9(8(7)4-13)15-5-10(11,12)6-16/h2-3,16H,5-6H2,1H3,(H,14,15). The van der Waals surface area contributed by atoms with Crippen LogP contribution in [0.1, 0.15) is 11.1 Å². The van der Waals surface area contributed by atoms with Gasteiger partial charge in [0.15, 0.2) is 0 Å². The smallest absolute Gasteiger partial charge is 0.287 e. The largest absolute Gasteiger partial charge is 0.390 e. The van der Waals surface area contributed by atoms with Crippen molar-refractivity contribution in [2.45, 2.75) is 12.8 Å². The summed E-state index contributed by atoms with van der Waals surface area (Å²) in [7, 11) is 0. The predicted octanol–water partition coefficient (Wildman–Crippen LogP) is 1.30. The molecule has 2 N–H and O–H groups in total. The molecule has 4 nitrogen and oxygen atoms in total. The number of nitriles is 1. The van der Waals surface area contributed by atoms with Gasteiger partial charge in [0.25, 0.3) is 5.92 Å². The highest BCUT2D eigenvalue weighted by Gasteiger charge is 2.27. The quantitative estimate of drug-likeness (QED) is 0.813. The first-order valence-corrected chi connectivity index (χ1v) is 4.58. The van der Waals surface area contributed by atoms with E-state index in [2.05, 4.69) is 10.3 Å². The van der Waals surface area contributed by atoms with Crippen molar-refractivity contribution in [1.82, 2.24) is 4.98 Å². The van der Waals surface area contributed by atoms with Crippen molar-refractivity contribution in [3.05, 3.63) is 23.4 Å². The van der Waals surface area contributed by atoms with E-state index in [1.54, 1.807) is 13.0 Å². The van der Waals surface area contributed by atoms with E-state index < -0.39 is 19.1 Å². The lowest BCUT2D eigenvalue weighted by molar-refractivity contribution is -0.0373. The summed E-state index contributed by atoms with van der Waals surface area (Å²) in [5.74, 6) is -3.12. The van der Waals surface area contributed by atoms with Crippen molar-refractivity contribution >= 4 is 5.82 Å². The average molecular weight is 227 g/mol. The summed E-state index contributed by atoms with van der Waals surface area (Å²) in [6.45, 7) is -0.308. The second-order valence-corrected chi connectivity index (χ2v) is 3.33. The molecule has 0 radical (unpaired) electrons. The first-order valence-electron chi connectivity index (χ1n) is 4.58. The Morgan fingerprint density at radius 3 is 2.88 bits per heavy atom. The molecule has 1 rings (SSSR count). The normalized spacial score (nSPS) is 10.9. The number of nitrogens with one attached hydrogen (secondary N) is 1. The van der Waals surface area contributed by atoms with Gasteiger partial charge in [0, 0.05) is 6.20 Å². The van der Waals surface area contributed by atoms with Gasteiger partial charge in [0.05, 0.1) is 12.1 Å². The minimum Gasteiger partial charge on any atom is -0.390 e. The molecule has 0 saturated carbocycles. The van der Waals surface area contributed by atoms with Gasteiger partial charge in [-0.25, -0.2) is 13.8 Å². The summed E-state index contributed by atoms with van der Waals surface area (Å²) in [5.41, 5.74) is 0.892. The van der Waals surface area contributed by atoms with Gasteiger partial charge in [-0.3, -0.25) is 0 Å². The maximum Gasteiger partial charge on any atom is 0.287 e. The number of halogens is 2. The number of nitrogens with zero attached hydrogens (tertiary/aromatic N) is 2. The van der Waals surface area contributed by atoms with Crippen LogP contribution < -0.4 is 5.32 Å². The molecule has 0 aliphatic carbocycles. The zero-order valence-corrected chi connectivity index (χ0v) is 8.67. The summed E-state index contributed by atoms with van der Waals surface area (Å²) >= 11 is 0. The molecule has 1 heterocycles. The van der Waals surface area contributed by atoms with Crippen molar-refractivity contribution in [3.8, 4) is 6.07 Å². The molecule has 0 aliphatic rings. The van der Waals surface area contributed by atoms with Gasteiger partial charge in [0.2, 0.25) is 0 Å². The first kappa shape index (κ1) is 12.3. The van der Waals surface area contributed by atoms with Crippen LogP contribution in [0.2, 0.25) is 0 Å². The summed E-state index contributed by atoms with van der Waals surface area (Å²) in [5, 5.41) is 19.5. The molecule has 0 atom stereocenters. The van der Waals surface area contributed by atoms with Gasteiger partial charge in [0.1, 0.15) is 18.5 Å². The molecule has 0 amide bonds. The molecule has 0 unspecified atom stereocenters. The van der Waals surface area contributed by atoms with Crippen LogP contribution in [0.4, 0.5) is 14.6 Å². The molecule has 0 fully saturated rings. The summed E-state index contributed by atoms with van der Waals surface area (Å²) < 4.78 is 25.5. The molecule has 16 heavy (non-hydrogen) atoms. The van der Waals surface area contributed by atoms with Gasteiger partial charge in [-0.1, -0.05) is 0 Å². The van der Waals surface area contributed by atoms with E-state index in [1.165, 1.54) is 6.20 Å². The van der Waals surface area contributed by atoms with Gasteiger partial charge < -0.3 is 10.4 Å². The predicted molar refractivity (Wildman–Crippen MR) is 54.2 cm³/mol. The third kappa shape index (κ3) is 2.87. The number of aliphatic hydroxyl groups excluding tert-OH is 1. The molecular formula is C10H11F2N3O. The molecule has 0 aromatic carbocycles. The van der Waals surface area contributed by atoms with E-state index >= 15 is 0 Å². The van der Waals surface area contributed by atoms with Crippen molar-refractivity contribution < 1.29 is 13.9 Å². The Bertz CT molecular complexity index is 415. The third-order valence-corrected chi connectivity index (χ3v) is 2.02. The van der Waals surface area contributed by atoms with Crippen molar-refractivity contribution in [3.63, 3.8) is 0 Å². The van der Waals surface area contributed by atoms with Crippen LogP contribution in [0, 0.1) is 18.3 Å². The molecule has 0 bridgehead atoms. The lowest BCUT2D eigenvalue weighted by Gasteiger charge is -2.15. The maximum absolute atomic E-state index is 12.8. The zero-order chi connectivity index (χ0) is 12.2. The van der Waals surface area contributed by atoms with Gasteiger partial charge in [-0.2, -0.15) is 5.26 Å². The lowest BCUT2D eigenvalue weighted by atomic mass is 10.1. The summed E-state index contributed by atoms with van der Waals surface area (Å²) in [6, 6.07) is 3.50. The van der Waals surface area contributed by atoms with Crippen LogP contribution in [-0.4, -0.2) is 29.2 Å². The fourth-order valence-corrected chi connectivity index (χ4v) is 1.10. The molecule has 0 aliphatic heterocycles. The third-order valence-electron chi connectivity index (χ3n) is 2.02. The molecule has 86 valence electrons. The topological polar surface area (TPSA) is 68.9 Å². The minimum absolute atomic E-state index is 0.107. The Kier molecular flexibility index (Phi) is 3.74. The van der Waals surface area contributed by atoms with Crippen molar-refractivity contribution in [2.24, 2.45) is 0 Å². The molecule has 6 heteroatoms. The Morgan fingerprint density at radius 1 is 1.62 bits per heavy atom. The number of rotatable bonds is 4. The number of anilines is 1. The van der Waals surface area contributed by atoms with Crippen LogP contribution in [-0.2, 0) is 0 Å². The SMILES string of the molecule is Cc1ccnc(NCC(F)(F)CO)c1C#N. The number of pyridine rings is 1. The van der Waals surface area contributed by atoms with Gasteiger partial charge >= 0.3 is 0 Å².